The van der Waals surface area contributed by atoms with Gasteiger partial charge in [0.25, 0.3) is 0 Å². The van der Waals surface area contributed by atoms with E-state index in [0.717, 1.165) is 10.3 Å². The molecular formula is C13H12BrClN2O. The van der Waals surface area contributed by atoms with Crippen LogP contribution in [0.25, 0.3) is 0 Å². The van der Waals surface area contributed by atoms with Crippen molar-refractivity contribution < 1.29 is 4.79 Å². The second-order valence-corrected chi connectivity index (χ2v) is 5.32. The summed E-state index contributed by atoms with van der Waals surface area (Å²) in [5, 5.41) is 0.481. The number of carbonyl (C=O) groups is 1. The second-order valence-electron chi connectivity index (χ2n) is 4.00. The molecule has 0 aliphatic heterocycles. The zero-order valence-electron chi connectivity index (χ0n) is 9.86. The van der Waals surface area contributed by atoms with Gasteiger partial charge in [0.05, 0.1) is 5.02 Å². The number of hydrogen-bond donors (Lipinski definition) is 0. The minimum Gasteiger partial charge on any atom is -0.338 e. The van der Waals surface area contributed by atoms with Crippen LogP contribution in [0.1, 0.15) is 22.6 Å². The summed E-state index contributed by atoms with van der Waals surface area (Å²) in [4.78, 5) is 16.2. The smallest absolute Gasteiger partial charge is 0.164 e. The van der Waals surface area contributed by atoms with Gasteiger partial charge in [-0.3, -0.25) is 4.79 Å². The molecule has 94 valence electrons. The molecule has 1 aromatic heterocycles. The van der Waals surface area contributed by atoms with Crippen molar-refractivity contribution in [3.05, 3.63) is 51.5 Å². The highest BCUT2D eigenvalue weighted by Crippen LogP contribution is 2.22. The predicted octanol–water partition coefficient (Wildman–Crippen LogP) is 3.65. The Morgan fingerprint density at radius 3 is 2.89 bits per heavy atom. The highest BCUT2D eigenvalue weighted by molar-refractivity contribution is 9.10. The quantitative estimate of drug-likeness (QED) is 0.803. The summed E-state index contributed by atoms with van der Waals surface area (Å²) in [6, 6.07) is 5.29. The molecule has 1 aromatic carbocycles. The van der Waals surface area contributed by atoms with Gasteiger partial charge in [0, 0.05) is 42.3 Å². The van der Waals surface area contributed by atoms with Crippen LogP contribution >= 0.6 is 27.5 Å². The first-order valence-electron chi connectivity index (χ1n) is 5.52. The lowest BCUT2D eigenvalue weighted by molar-refractivity contribution is 0.0982. The van der Waals surface area contributed by atoms with Crippen molar-refractivity contribution in [3.8, 4) is 0 Å². The fourth-order valence-electron chi connectivity index (χ4n) is 1.71. The summed E-state index contributed by atoms with van der Waals surface area (Å²) in [6.45, 7) is 0. The van der Waals surface area contributed by atoms with E-state index in [4.69, 9.17) is 11.6 Å². The van der Waals surface area contributed by atoms with Gasteiger partial charge in [-0.05, 0) is 18.2 Å². The first-order valence-corrected chi connectivity index (χ1v) is 6.69. The third kappa shape index (κ3) is 3.00. The average molecular weight is 328 g/mol. The van der Waals surface area contributed by atoms with Crippen LogP contribution in [0.3, 0.4) is 0 Å². The van der Waals surface area contributed by atoms with E-state index in [2.05, 4.69) is 20.9 Å². The van der Waals surface area contributed by atoms with Crippen molar-refractivity contribution in [2.45, 2.75) is 12.8 Å². The Hall–Kier alpha value is -1.13. The van der Waals surface area contributed by atoms with Crippen LogP contribution in [0, 0.1) is 0 Å². The molecule has 0 aliphatic rings. The summed E-state index contributed by atoms with van der Waals surface area (Å²) >= 11 is 9.36. The van der Waals surface area contributed by atoms with Crippen LogP contribution in [0.5, 0.6) is 0 Å². The van der Waals surface area contributed by atoms with Gasteiger partial charge in [-0.1, -0.05) is 27.5 Å². The maximum Gasteiger partial charge on any atom is 0.164 e. The monoisotopic (exact) mass is 326 g/mol. The maximum absolute atomic E-state index is 12.0. The molecule has 0 N–H and O–H groups in total. The molecule has 5 heteroatoms. The molecule has 0 aliphatic carbocycles. The number of Topliss-reactive ketones (excluding diaryl/α,β-unsaturated/α-hetero) is 1. The molecule has 1 heterocycles. The Labute approximate surface area is 119 Å². The number of aryl methyl sites for hydroxylation is 2. The van der Waals surface area contributed by atoms with E-state index in [0.29, 0.717) is 23.4 Å². The molecule has 0 saturated carbocycles. The van der Waals surface area contributed by atoms with E-state index >= 15 is 0 Å². The van der Waals surface area contributed by atoms with Crippen molar-refractivity contribution in [1.29, 1.82) is 0 Å². The Kier molecular flexibility index (Phi) is 4.19. The number of benzene rings is 1. The van der Waals surface area contributed by atoms with Gasteiger partial charge in [-0.2, -0.15) is 0 Å². The molecule has 0 atom stereocenters. The summed E-state index contributed by atoms with van der Waals surface area (Å²) in [7, 11) is 1.92. The van der Waals surface area contributed by atoms with Crippen LogP contribution in [-0.4, -0.2) is 15.3 Å². The lowest BCUT2D eigenvalue weighted by Crippen LogP contribution is -2.05. The van der Waals surface area contributed by atoms with Crippen LogP contribution in [0.15, 0.2) is 35.1 Å². The molecule has 0 saturated heterocycles. The third-order valence-electron chi connectivity index (χ3n) is 2.73. The SMILES string of the molecule is Cn1ccnc1CCC(=O)c1ccc(Br)cc1Cl. The van der Waals surface area contributed by atoms with Crippen LogP contribution < -0.4 is 0 Å². The van der Waals surface area contributed by atoms with Gasteiger partial charge in [-0.15, -0.1) is 0 Å². The van der Waals surface area contributed by atoms with Gasteiger partial charge in [-0.25, -0.2) is 4.98 Å². The van der Waals surface area contributed by atoms with Crippen molar-refractivity contribution in [2.75, 3.05) is 0 Å². The maximum atomic E-state index is 12.0. The van der Waals surface area contributed by atoms with Crippen LogP contribution in [-0.2, 0) is 13.5 Å². The summed E-state index contributed by atoms with van der Waals surface area (Å²) in [5.41, 5.74) is 0.564. The first kappa shape index (κ1) is 13.3. The van der Waals surface area contributed by atoms with Gasteiger partial charge in [0.2, 0.25) is 0 Å². The topological polar surface area (TPSA) is 34.9 Å². The summed E-state index contributed by atoms with van der Waals surface area (Å²) < 4.78 is 2.78. The normalized spacial score (nSPS) is 10.6. The zero-order valence-corrected chi connectivity index (χ0v) is 12.2. The van der Waals surface area contributed by atoms with Crippen LogP contribution in [0.2, 0.25) is 5.02 Å². The minimum absolute atomic E-state index is 0.0375. The lowest BCUT2D eigenvalue weighted by atomic mass is 10.1. The van der Waals surface area contributed by atoms with Gasteiger partial charge in [0.15, 0.2) is 5.78 Å². The summed E-state index contributed by atoms with van der Waals surface area (Å²) in [6.07, 6.45) is 4.62. The Balaban J connectivity index is 2.06. The number of ketones is 1. The molecule has 0 spiro atoms. The van der Waals surface area contributed by atoms with E-state index in [1.807, 2.05) is 23.9 Å². The zero-order chi connectivity index (χ0) is 13.1. The number of carbonyl (C=O) groups excluding carboxylic acids is 1. The average Bonchev–Trinajstić information content (AvgIpc) is 2.72. The molecular weight excluding hydrogens is 316 g/mol. The molecule has 0 unspecified atom stereocenters. The number of rotatable bonds is 4. The Bertz CT molecular complexity index is 580. The molecule has 0 amide bonds. The number of nitrogens with zero attached hydrogens (tertiary/aromatic N) is 2. The first-order chi connectivity index (χ1) is 8.58. The molecule has 0 bridgehead atoms. The summed E-state index contributed by atoms with van der Waals surface area (Å²) in [5.74, 6) is 0.937. The van der Waals surface area contributed by atoms with E-state index < -0.39 is 0 Å². The lowest BCUT2D eigenvalue weighted by Gasteiger charge is -2.04. The van der Waals surface area contributed by atoms with E-state index in [-0.39, 0.29) is 5.78 Å². The fraction of sp³-hybridized carbons (Fsp3) is 0.231. The van der Waals surface area contributed by atoms with Crippen molar-refractivity contribution in [1.82, 2.24) is 9.55 Å². The minimum atomic E-state index is 0.0375. The van der Waals surface area contributed by atoms with Gasteiger partial charge in [0.1, 0.15) is 5.82 Å². The molecule has 3 nitrogen and oxygen atoms in total. The van der Waals surface area contributed by atoms with Crippen molar-refractivity contribution >= 4 is 33.3 Å². The largest absolute Gasteiger partial charge is 0.338 e. The molecule has 0 fully saturated rings. The number of hydrogen-bond acceptors (Lipinski definition) is 2. The Morgan fingerprint density at radius 2 is 2.28 bits per heavy atom. The van der Waals surface area contributed by atoms with E-state index in [1.54, 1.807) is 18.3 Å². The molecule has 0 radical (unpaired) electrons. The van der Waals surface area contributed by atoms with Gasteiger partial charge >= 0.3 is 0 Å². The van der Waals surface area contributed by atoms with Crippen molar-refractivity contribution in [2.24, 2.45) is 7.05 Å². The highest BCUT2D eigenvalue weighted by atomic mass is 79.9. The van der Waals surface area contributed by atoms with E-state index in [9.17, 15) is 4.79 Å². The molecule has 2 aromatic rings. The highest BCUT2D eigenvalue weighted by Gasteiger charge is 2.11. The second kappa shape index (κ2) is 5.67. The van der Waals surface area contributed by atoms with Crippen molar-refractivity contribution in [3.63, 3.8) is 0 Å². The number of halogens is 2. The number of aromatic nitrogens is 2. The Morgan fingerprint density at radius 1 is 1.50 bits per heavy atom. The van der Waals surface area contributed by atoms with Gasteiger partial charge < -0.3 is 4.57 Å². The third-order valence-corrected chi connectivity index (χ3v) is 3.53. The van der Waals surface area contributed by atoms with E-state index in [1.165, 1.54) is 0 Å². The fourth-order valence-corrected chi connectivity index (χ4v) is 2.49. The number of imidazole rings is 1. The molecule has 2 rings (SSSR count). The molecule has 18 heavy (non-hydrogen) atoms. The van der Waals surface area contributed by atoms with Crippen LogP contribution in [0.4, 0.5) is 0 Å². The predicted molar refractivity (Wildman–Crippen MR) is 75.0 cm³/mol. The standard InChI is InChI=1S/C13H12BrClN2O/c1-17-7-6-16-13(17)5-4-12(18)10-3-2-9(14)8-11(10)15/h2-3,6-8H,4-5H2,1H3.